The molecule has 1 aliphatic heterocycles. The van der Waals surface area contributed by atoms with E-state index >= 15 is 0 Å². The lowest BCUT2D eigenvalue weighted by molar-refractivity contribution is -0.137. The van der Waals surface area contributed by atoms with E-state index in [1.54, 1.807) is 0 Å². The highest BCUT2D eigenvalue weighted by Gasteiger charge is 2.34. The van der Waals surface area contributed by atoms with Crippen molar-refractivity contribution in [3.63, 3.8) is 0 Å². The molecule has 0 spiro atoms. The molecule has 0 bridgehead atoms. The van der Waals surface area contributed by atoms with Gasteiger partial charge in [0.1, 0.15) is 5.82 Å². The van der Waals surface area contributed by atoms with E-state index in [1.807, 2.05) is 0 Å². The van der Waals surface area contributed by atoms with Crippen molar-refractivity contribution in [1.29, 1.82) is 0 Å². The minimum absolute atomic E-state index is 0. The topological polar surface area (TPSA) is 15.3 Å². The minimum atomic E-state index is -4.50. The third-order valence-corrected chi connectivity index (χ3v) is 4.53. The highest BCUT2D eigenvalue weighted by Crippen LogP contribution is 2.41. The van der Waals surface area contributed by atoms with Crippen molar-refractivity contribution in [3.8, 4) is 0 Å². The Morgan fingerprint density at radius 3 is 2.35 bits per heavy atom. The largest absolute Gasteiger partial charge is 0.416 e. The molecule has 23 heavy (non-hydrogen) atoms. The van der Waals surface area contributed by atoms with Crippen LogP contribution in [0.3, 0.4) is 0 Å². The second-order valence-electron chi connectivity index (χ2n) is 6.21. The van der Waals surface area contributed by atoms with Gasteiger partial charge in [-0.05, 0) is 24.5 Å². The van der Waals surface area contributed by atoms with Crippen LogP contribution in [-0.2, 0) is 6.18 Å². The molecule has 1 N–H and O–H groups in total. The van der Waals surface area contributed by atoms with Gasteiger partial charge >= 0.3 is 6.18 Å². The Bertz CT molecular complexity index is 525. The van der Waals surface area contributed by atoms with Crippen molar-refractivity contribution in [1.82, 2.24) is 10.2 Å². The molecule has 130 valence electrons. The Labute approximate surface area is 139 Å². The number of nitrogens with one attached hydrogen (secondary N) is 1. The molecule has 1 saturated heterocycles. The molecule has 1 saturated carbocycles. The van der Waals surface area contributed by atoms with Crippen molar-refractivity contribution in [2.75, 3.05) is 26.2 Å². The molecule has 1 aromatic carbocycles. The van der Waals surface area contributed by atoms with Gasteiger partial charge in [-0.15, -0.1) is 12.4 Å². The van der Waals surface area contributed by atoms with Gasteiger partial charge in [0.25, 0.3) is 0 Å². The summed E-state index contributed by atoms with van der Waals surface area (Å²) in [6.45, 7) is 3.28. The fourth-order valence-electron chi connectivity index (χ4n) is 3.11. The lowest BCUT2D eigenvalue weighted by atomic mass is 9.97. The molecule has 1 atom stereocenters. The van der Waals surface area contributed by atoms with Crippen LogP contribution in [-0.4, -0.2) is 31.1 Å². The molecule has 1 aliphatic carbocycles. The van der Waals surface area contributed by atoms with E-state index in [2.05, 4.69) is 10.2 Å². The number of benzene rings is 1. The summed E-state index contributed by atoms with van der Waals surface area (Å²) in [5.74, 6) is -0.152. The molecule has 2 nitrogen and oxygen atoms in total. The van der Waals surface area contributed by atoms with E-state index in [4.69, 9.17) is 0 Å². The van der Waals surface area contributed by atoms with E-state index < -0.39 is 17.6 Å². The quantitative estimate of drug-likeness (QED) is 0.824. The maximum absolute atomic E-state index is 14.3. The zero-order valence-electron chi connectivity index (χ0n) is 12.7. The molecule has 2 aliphatic rings. The summed E-state index contributed by atoms with van der Waals surface area (Å²) in [7, 11) is 0. The van der Waals surface area contributed by atoms with Gasteiger partial charge in [-0.2, -0.15) is 13.2 Å². The van der Waals surface area contributed by atoms with Crippen LogP contribution in [0.5, 0.6) is 0 Å². The van der Waals surface area contributed by atoms with Gasteiger partial charge in [0.15, 0.2) is 0 Å². The zero-order chi connectivity index (χ0) is 15.7. The van der Waals surface area contributed by atoms with Crippen molar-refractivity contribution in [2.24, 2.45) is 5.92 Å². The third-order valence-electron chi connectivity index (χ3n) is 4.53. The van der Waals surface area contributed by atoms with Gasteiger partial charge < -0.3 is 5.32 Å². The maximum Gasteiger partial charge on any atom is 0.416 e. The number of nitrogens with zero attached hydrogens (tertiary/aromatic N) is 1. The summed E-state index contributed by atoms with van der Waals surface area (Å²) >= 11 is 0. The van der Waals surface area contributed by atoms with Crippen molar-refractivity contribution < 1.29 is 17.6 Å². The van der Waals surface area contributed by atoms with Crippen molar-refractivity contribution >= 4 is 12.4 Å². The summed E-state index contributed by atoms with van der Waals surface area (Å²) in [4.78, 5) is 2.19. The first-order valence-corrected chi connectivity index (χ1v) is 7.76. The van der Waals surface area contributed by atoms with Gasteiger partial charge in [-0.3, -0.25) is 4.90 Å². The Morgan fingerprint density at radius 2 is 1.83 bits per heavy atom. The third kappa shape index (κ3) is 4.58. The highest BCUT2D eigenvalue weighted by atomic mass is 35.5. The molecule has 3 rings (SSSR count). The molecule has 1 heterocycles. The molecule has 0 radical (unpaired) electrons. The highest BCUT2D eigenvalue weighted by molar-refractivity contribution is 5.85. The summed E-state index contributed by atoms with van der Waals surface area (Å²) in [6.07, 6.45) is -1.38. The normalized spacial score (nSPS) is 20.9. The van der Waals surface area contributed by atoms with Crippen LogP contribution < -0.4 is 5.32 Å². The molecular weight excluding hydrogens is 332 g/mol. The Kier molecular flexibility index (Phi) is 5.92. The van der Waals surface area contributed by atoms with E-state index in [1.165, 1.54) is 6.07 Å². The number of rotatable bonds is 4. The predicted octanol–water partition coefficient (Wildman–Crippen LogP) is 4.01. The Balaban J connectivity index is 0.00000192. The van der Waals surface area contributed by atoms with E-state index in [-0.39, 0.29) is 18.4 Å². The van der Waals surface area contributed by atoms with Crippen LogP contribution in [0.25, 0.3) is 0 Å². The first kappa shape index (κ1) is 18.5. The molecular formula is C16H21ClF4N2. The summed E-state index contributed by atoms with van der Waals surface area (Å²) in [5.41, 5.74) is -0.513. The lowest BCUT2D eigenvalue weighted by Crippen LogP contribution is -2.45. The molecule has 1 aromatic rings. The Morgan fingerprint density at radius 1 is 1.17 bits per heavy atom. The van der Waals surface area contributed by atoms with E-state index in [0.717, 1.165) is 51.5 Å². The molecule has 0 unspecified atom stereocenters. The van der Waals surface area contributed by atoms with Gasteiger partial charge in [-0.1, -0.05) is 18.9 Å². The van der Waals surface area contributed by atoms with Gasteiger partial charge in [0, 0.05) is 37.8 Å². The van der Waals surface area contributed by atoms with Crippen LogP contribution >= 0.6 is 12.4 Å². The molecule has 7 heteroatoms. The van der Waals surface area contributed by atoms with Gasteiger partial charge in [0.2, 0.25) is 0 Å². The average molecular weight is 353 g/mol. The van der Waals surface area contributed by atoms with Crippen LogP contribution in [0.1, 0.15) is 36.4 Å². The SMILES string of the molecule is Cl.Fc1cc(C(F)(F)F)ccc1[C@@H](CC1CC1)N1CCNCC1. The monoisotopic (exact) mass is 352 g/mol. The predicted molar refractivity (Wildman–Crippen MR) is 83.2 cm³/mol. The van der Waals surface area contributed by atoms with Crippen LogP contribution in [0, 0.1) is 11.7 Å². The summed E-state index contributed by atoms with van der Waals surface area (Å²) in [5, 5.41) is 3.25. The minimum Gasteiger partial charge on any atom is -0.314 e. The number of hydrogen-bond donors (Lipinski definition) is 1. The Hall–Kier alpha value is -0.850. The molecule has 2 fully saturated rings. The fourth-order valence-corrected chi connectivity index (χ4v) is 3.11. The first-order valence-electron chi connectivity index (χ1n) is 7.76. The van der Waals surface area contributed by atoms with Gasteiger partial charge in [0.05, 0.1) is 5.56 Å². The second kappa shape index (κ2) is 7.36. The van der Waals surface area contributed by atoms with Crippen molar-refractivity contribution in [2.45, 2.75) is 31.5 Å². The second-order valence-corrected chi connectivity index (χ2v) is 6.21. The van der Waals surface area contributed by atoms with E-state index in [0.29, 0.717) is 17.5 Å². The fraction of sp³-hybridized carbons (Fsp3) is 0.625. The summed E-state index contributed by atoms with van der Waals surface area (Å²) in [6, 6.07) is 2.85. The van der Waals surface area contributed by atoms with Crippen molar-refractivity contribution in [3.05, 3.63) is 35.1 Å². The molecule has 0 aromatic heterocycles. The summed E-state index contributed by atoms with van der Waals surface area (Å²) < 4.78 is 52.4. The lowest BCUT2D eigenvalue weighted by Gasteiger charge is -2.35. The van der Waals surface area contributed by atoms with Crippen LogP contribution in [0.15, 0.2) is 18.2 Å². The number of halogens is 5. The number of alkyl halides is 3. The van der Waals surface area contributed by atoms with Crippen LogP contribution in [0.4, 0.5) is 17.6 Å². The maximum atomic E-state index is 14.3. The first-order chi connectivity index (χ1) is 10.4. The number of hydrogen-bond acceptors (Lipinski definition) is 2. The molecule has 0 amide bonds. The standard InChI is InChI=1S/C16H20F4N2.ClH/c17-14-10-12(16(18,19)20)3-4-13(14)15(9-11-1-2-11)22-7-5-21-6-8-22;/h3-4,10-11,15,21H,1-2,5-9H2;1H/t15-;/m1./s1. The van der Waals surface area contributed by atoms with Crippen LogP contribution in [0.2, 0.25) is 0 Å². The van der Waals surface area contributed by atoms with Gasteiger partial charge in [-0.25, -0.2) is 4.39 Å². The smallest absolute Gasteiger partial charge is 0.314 e. The number of piperazine rings is 1. The van der Waals surface area contributed by atoms with E-state index in [9.17, 15) is 17.6 Å². The zero-order valence-corrected chi connectivity index (χ0v) is 13.5. The average Bonchev–Trinajstić information content (AvgIpc) is 3.29.